The van der Waals surface area contributed by atoms with Crippen molar-refractivity contribution in [2.24, 2.45) is 0 Å². The van der Waals surface area contributed by atoms with Gasteiger partial charge in [0.15, 0.2) is 6.61 Å². The Labute approximate surface area is 219 Å². The number of aromatic nitrogens is 1. The van der Waals surface area contributed by atoms with Crippen LogP contribution in [0.2, 0.25) is 5.02 Å². The van der Waals surface area contributed by atoms with E-state index >= 15 is 0 Å². The summed E-state index contributed by atoms with van der Waals surface area (Å²) in [5.41, 5.74) is 3.84. The number of hydrogen-bond acceptors (Lipinski definition) is 4. The van der Waals surface area contributed by atoms with Gasteiger partial charge in [0.2, 0.25) is 5.91 Å². The smallest absolute Gasteiger partial charge is 0.341 e. The van der Waals surface area contributed by atoms with E-state index in [1.165, 1.54) is 0 Å². The van der Waals surface area contributed by atoms with Gasteiger partial charge in [0, 0.05) is 47.2 Å². The van der Waals surface area contributed by atoms with E-state index in [0.29, 0.717) is 35.8 Å². The van der Waals surface area contributed by atoms with Crippen LogP contribution in [-0.2, 0) is 22.6 Å². The fraction of sp³-hybridized carbons (Fsp3) is 0.241. The molecule has 4 aromatic rings. The van der Waals surface area contributed by atoms with Gasteiger partial charge in [0.25, 0.3) is 0 Å². The molecule has 1 aliphatic rings. The topological polar surface area (TPSA) is 81.0 Å². The summed E-state index contributed by atoms with van der Waals surface area (Å²) in [6, 6.07) is 20.6. The van der Waals surface area contributed by atoms with E-state index in [2.05, 4.69) is 10.6 Å². The maximum atomic E-state index is 13.7. The second-order valence-corrected chi connectivity index (χ2v) is 9.42. The lowest BCUT2D eigenvalue weighted by atomic mass is 9.87. The fourth-order valence-corrected chi connectivity index (χ4v) is 5.21. The molecule has 3 aromatic carbocycles. The summed E-state index contributed by atoms with van der Waals surface area (Å²) in [6.07, 6.45) is 3.02. The minimum Gasteiger partial charge on any atom is -0.497 e. The maximum Gasteiger partial charge on any atom is 0.341 e. The summed E-state index contributed by atoms with van der Waals surface area (Å²) in [4.78, 5) is 26.8. The molecule has 0 spiro atoms. The standard InChI is InChI=1S/C29H27ClN2O5/c1-36-22-7-8-25-20(16-22)10-13-31(25)14-12-27(33)32-15-11-19-4-2-3-5-23(19)29(32)24-17-21(30)6-9-26(24)37-18-28(34)35/h2-10,13,16-17,29H,11-12,14-15,18H2,1H3,(H,34,35). The minimum absolute atomic E-state index is 0.000903. The monoisotopic (exact) mass is 518 g/mol. The third-order valence-corrected chi connectivity index (χ3v) is 7.00. The third-order valence-electron chi connectivity index (χ3n) is 6.77. The summed E-state index contributed by atoms with van der Waals surface area (Å²) >= 11 is 6.37. The Bertz CT molecular complexity index is 1460. The Balaban J connectivity index is 1.45. The van der Waals surface area contributed by atoms with E-state index in [1.54, 1.807) is 25.3 Å². The van der Waals surface area contributed by atoms with Crippen LogP contribution >= 0.6 is 11.6 Å². The van der Waals surface area contributed by atoms with Crippen LogP contribution in [0.5, 0.6) is 11.5 Å². The molecule has 5 rings (SSSR count). The number of aryl methyl sites for hydroxylation is 1. The molecule has 1 aromatic heterocycles. The summed E-state index contributed by atoms with van der Waals surface area (Å²) in [7, 11) is 1.64. The van der Waals surface area contributed by atoms with E-state index in [-0.39, 0.29) is 5.91 Å². The molecule has 0 bridgehead atoms. The van der Waals surface area contributed by atoms with Crippen LogP contribution < -0.4 is 9.47 Å². The molecule has 1 unspecified atom stereocenters. The highest BCUT2D eigenvalue weighted by Crippen LogP contribution is 2.41. The largest absolute Gasteiger partial charge is 0.497 e. The number of rotatable bonds is 8. The number of carbonyl (C=O) groups excluding carboxylic acids is 1. The SMILES string of the molecule is COc1ccc2c(ccn2CCC(=O)N2CCc3ccccc3C2c2cc(Cl)ccc2OCC(=O)O)c1. The molecular formula is C29H27ClN2O5. The van der Waals surface area contributed by atoms with Crippen molar-refractivity contribution in [1.82, 2.24) is 9.47 Å². The van der Waals surface area contributed by atoms with Crippen molar-refractivity contribution in [3.8, 4) is 11.5 Å². The Kier molecular flexibility index (Phi) is 7.06. The second-order valence-electron chi connectivity index (χ2n) is 8.99. The summed E-state index contributed by atoms with van der Waals surface area (Å²) < 4.78 is 13.0. The minimum atomic E-state index is -1.07. The van der Waals surface area contributed by atoms with E-state index in [9.17, 15) is 9.59 Å². The molecule has 0 aliphatic carbocycles. The number of amides is 1. The molecule has 0 radical (unpaired) electrons. The lowest BCUT2D eigenvalue weighted by Crippen LogP contribution is -2.41. The Hall–Kier alpha value is -3.97. The number of ether oxygens (including phenoxy) is 2. The number of nitrogens with zero attached hydrogens (tertiary/aromatic N) is 2. The van der Waals surface area contributed by atoms with E-state index in [1.807, 2.05) is 53.6 Å². The van der Waals surface area contributed by atoms with Crippen LogP contribution in [0.1, 0.15) is 29.2 Å². The zero-order valence-electron chi connectivity index (χ0n) is 20.4. The molecule has 1 aliphatic heterocycles. The Morgan fingerprint density at radius 1 is 1.05 bits per heavy atom. The fourth-order valence-electron chi connectivity index (χ4n) is 5.03. The number of carbonyl (C=O) groups is 2. The average molecular weight is 519 g/mol. The second kappa shape index (κ2) is 10.6. The lowest BCUT2D eigenvalue weighted by Gasteiger charge is -2.38. The van der Waals surface area contributed by atoms with Gasteiger partial charge in [-0.15, -0.1) is 0 Å². The van der Waals surface area contributed by atoms with Crippen molar-refractivity contribution in [3.05, 3.63) is 94.6 Å². The summed E-state index contributed by atoms with van der Waals surface area (Å²) in [6.45, 7) is 0.578. The van der Waals surface area contributed by atoms with Crippen LogP contribution in [0.15, 0.2) is 72.9 Å². The summed E-state index contributed by atoms with van der Waals surface area (Å²) in [5, 5.41) is 10.7. The molecule has 7 nitrogen and oxygen atoms in total. The highest BCUT2D eigenvalue weighted by Gasteiger charge is 2.34. The molecule has 0 saturated heterocycles. The van der Waals surface area contributed by atoms with Gasteiger partial charge < -0.3 is 24.0 Å². The molecule has 1 amide bonds. The number of methoxy groups -OCH3 is 1. The number of hydrogen-bond donors (Lipinski definition) is 1. The van der Waals surface area contributed by atoms with Crippen LogP contribution in [-0.4, -0.2) is 46.7 Å². The van der Waals surface area contributed by atoms with Gasteiger partial charge >= 0.3 is 5.97 Å². The first-order valence-corrected chi connectivity index (χ1v) is 12.5. The Morgan fingerprint density at radius 2 is 1.89 bits per heavy atom. The number of halogens is 1. The number of aliphatic carboxylic acids is 1. The van der Waals surface area contributed by atoms with Gasteiger partial charge in [-0.25, -0.2) is 4.79 Å². The molecule has 1 N–H and O–H groups in total. The van der Waals surface area contributed by atoms with Crippen LogP contribution in [0, 0.1) is 0 Å². The van der Waals surface area contributed by atoms with Crippen LogP contribution in [0.3, 0.4) is 0 Å². The van der Waals surface area contributed by atoms with Crippen molar-refractivity contribution in [3.63, 3.8) is 0 Å². The first-order chi connectivity index (χ1) is 17.9. The van der Waals surface area contributed by atoms with E-state index < -0.39 is 18.6 Å². The molecule has 0 fully saturated rings. The lowest BCUT2D eigenvalue weighted by molar-refractivity contribution is -0.139. The van der Waals surface area contributed by atoms with Crippen molar-refractivity contribution in [2.75, 3.05) is 20.3 Å². The molecule has 8 heteroatoms. The van der Waals surface area contributed by atoms with Gasteiger partial charge in [-0.2, -0.15) is 0 Å². The van der Waals surface area contributed by atoms with Crippen molar-refractivity contribution >= 4 is 34.4 Å². The average Bonchev–Trinajstić information content (AvgIpc) is 3.32. The number of carboxylic acids is 1. The van der Waals surface area contributed by atoms with Crippen molar-refractivity contribution in [1.29, 1.82) is 0 Å². The quantitative estimate of drug-likeness (QED) is 0.341. The van der Waals surface area contributed by atoms with E-state index in [0.717, 1.165) is 34.2 Å². The van der Waals surface area contributed by atoms with Gasteiger partial charge in [0.1, 0.15) is 11.5 Å². The molecule has 37 heavy (non-hydrogen) atoms. The summed E-state index contributed by atoms with van der Waals surface area (Å²) in [5.74, 6) is 0.115. The highest BCUT2D eigenvalue weighted by atomic mass is 35.5. The molecule has 0 saturated carbocycles. The van der Waals surface area contributed by atoms with Gasteiger partial charge in [0.05, 0.1) is 13.2 Å². The van der Waals surface area contributed by atoms with Crippen molar-refractivity contribution in [2.45, 2.75) is 25.4 Å². The normalized spacial score (nSPS) is 14.9. The van der Waals surface area contributed by atoms with E-state index in [4.69, 9.17) is 26.2 Å². The maximum absolute atomic E-state index is 13.7. The van der Waals surface area contributed by atoms with Gasteiger partial charge in [-0.05, 0) is 60.0 Å². The molecular weight excluding hydrogens is 492 g/mol. The molecule has 190 valence electrons. The highest BCUT2D eigenvalue weighted by molar-refractivity contribution is 6.30. The van der Waals surface area contributed by atoms with Crippen LogP contribution in [0.25, 0.3) is 10.9 Å². The van der Waals surface area contributed by atoms with Gasteiger partial charge in [-0.3, -0.25) is 4.79 Å². The predicted molar refractivity (Wildman–Crippen MR) is 141 cm³/mol. The molecule has 1 atom stereocenters. The molecule has 2 heterocycles. The van der Waals surface area contributed by atoms with Crippen molar-refractivity contribution < 1.29 is 24.2 Å². The van der Waals surface area contributed by atoms with Gasteiger partial charge in [-0.1, -0.05) is 35.9 Å². The van der Waals surface area contributed by atoms with Crippen LogP contribution in [0.4, 0.5) is 0 Å². The number of carboxylic acid groups (broad SMARTS) is 1. The number of benzene rings is 3. The number of fused-ring (bicyclic) bond motifs is 2. The Morgan fingerprint density at radius 3 is 2.70 bits per heavy atom. The zero-order valence-corrected chi connectivity index (χ0v) is 21.1. The predicted octanol–water partition coefficient (Wildman–Crippen LogP) is 5.33. The zero-order chi connectivity index (χ0) is 25.9. The third kappa shape index (κ3) is 5.13. The first kappa shape index (κ1) is 24.7. The first-order valence-electron chi connectivity index (χ1n) is 12.1.